The van der Waals surface area contributed by atoms with Crippen molar-refractivity contribution in [2.45, 2.75) is 76.7 Å². The van der Waals surface area contributed by atoms with E-state index in [2.05, 4.69) is 5.32 Å². The van der Waals surface area contributed by atoms with Gasteiger partial charge in [-0.1, -0.05) is 38.5 Å². The van der Waals surface area contributed by atoms with Gasteiger partial charge in [-0.2, -0.15) is 0 Å². The van der Waals surface area contributed by atoms with E-state index in [1.165, 1.54) is 51.4 Å². The molecule has 3 N–H and O–H groups in total. The molecular weight excluding hydrogens is 292 g/mol. The fourth-order valence-electron chi connectivity index (χ4n) is 3.94. The van der Waals surface area contributed by atoms with E-state index in [-0.39, 0.29) is 30.9 Å². The minimum atomic E-state index is -0.180. The van der Waals surface area contributed by atoms with Gasteiger partial charge in [0.25, 0.3) is 0 Å². The topological polar surface area (TPSA) is 81.4 Å². The SMILES string of the molecule is NCC(=O)NC(CC(=O)OCC1CCCCC1)C1CCCCC1. The van der Waals surface area contributed by atoms with Crippen LogP contribution in [0.25, 0.3) is 0 Å². The van der Waals surface area contributed by atoms with Crippen molar-refractivity contribution in [2.24, 2.45) is 17.6 Å². The van der Waals surface area contributed by atoms with E-state index in [1.54, 1.807) is 0 Å². The fraction of sp³-hybridized carbons (Fsp3) is 0.889. The van der Waals surface area contributed by atoms with Gasteiger partial charge in [0.05, 0.1) is 19.6 Å². The zero-order valence-electron chi connectivity index (χ0n) is 14.2. The highest BCUT2D eigenvalue weighted by Gasteiger charge is 2.28. The maximum atomic E-state index is 12.2. The first kappa shape index (κ1) is 18.2. The van der Waals surface area contributed by atoms with E-state index in [4.69, 9.17) is 10.5 Å². The first-order chi connectivity index (χ1) is 11.2. The average Bonchev–Trinajstić information content (AvgIpc) is 2.61. The van der Waals surface area contributed by atoms with Crippen LogP contribution >= 0.6 is 0 Å². The molecule has 2 aliphatic carbocycles. The molecule has 23 heavy (non-hydrogen) atoms. The normalized spacial score (nSPS) is 21.6. The molecule has 5 heteroatoms. The predicted molar refractivity (Wildman–Crippen MR) is 89.7 cm³/mol. The second kappa shape index (κ2) is 9.91. The zero-order valence-corrected chi connectivity index (χ0v) is 14.2. The van der Waals surface area contributed by atoms with Crippen LogP contribution in [0.5, 0.6) is 0 Å². The van der Waals surface area contributed by atoms with Crippen LogP contribution in [0.4, 0.5) is 0 Å². The summed E-state index contributed by atoms with van der Waals surface area (Å²) in [4.78, 5) is 23.9. The van der Waals surface area contributed by atoms with Crippen molar-refractivity contribution >= 4 is 11.9 Å². The van der Waals surface area contributed by atoms with E-state index in [0.29, 0.717) is 18.4 Å². The Morgan fingerprint density at radius 3 is 2.22 bits per heavy atom. The number of amides is 1. The summed E-state index contributed by atoms with van der Waals surface area (Å²) in [5.41, 5.74) is 5.41. The fourth-order valence-corrected chi connectivity index (χ4v) is 3.94. The number of carbonyl (C=O) groups excluding carboxylic acids is 2. The van der Waals surface area contributed by atoms with Crippen LogP contribution < -0.4 is 11.1 Å². The van der Waals surface area contributed by atoms with Crippen molar-refractivity contribution in [3.05, 3.63) is 0 Å². The summed E-state index contributed by atoms with van der Waals surface area (Å²) < 4.78 is 5.50. The number of nitrogens with one attached hydrogen (secondary N) is 1. The molecule has 1 amide bonds. The molecule has 0 aliphatic heterocycles. The number of hydrogen-bond donors (Lipinski definition) is 2. The maximum Gasteiger partial charge on any atom is 0.307 e. The molecule has 1 atom stereocenters. The molecular formula is C18H32N2O3. The number of esters is 1. The van der Waals surface area contributed by atoms with Crippen molar-refractivity contribution in [2.75, 3.05) is 13.2 Å². The second-order valence-electron chi connectivity index (χ2n) is 7.17. The number of nitrogens with two attached hydrogens (primary N) is 1. The van der Waals surface area contributed by atoms with E-state index < -0.39 is 0 Å². The number of ether oxygens (including phenoxy) is 1. The lowest BCUT2D eigenvalue weighted by Crippen LogP contribution is -2.45. The number of rotatable bonds is 7. The molecule has 132 valence electrons. The summed E-state index contributed by atoms with van der Waals surface area (Å²) in [6.07, 6.45) is 12.2. The first-order valence-electron chi connectivity index (χ1n) is 9.34. The van der Waals surface area contributed by atoms with Gasteiger partial charge in [0.2, 0.25) is 5.91 Å². The van der Waals surface area contributed by atoms with Gasteiger partial charge < -0.3 is 15.8 Å². The van der Waals surface area contributed by atoms with Crippen LogP contribution in [0.15, 0.2) is 0 Å². The summed E-state index contributed by atoms with van der Waals surface area (Å²) in [6.45, 7) is 0.515. The zero-order chi connectivity index (χ0) is 16.5. The Bertz CT molecular complexity index is 374. The summed E-state index contributed by atoms with van der Waals surface area (Å²) in [7, 11) is 0. The monoisotopic (exact) mass is 324 g/mol. The van der Waals surface area contributed by atoms with Gasteiger partial charge in [-0.25, -0.2) is 0 Å². The van der Waals surface area contributed by atoms with Crippen LogP contribution in [-0.2, 0) is 14.3 Å². The largest absolute Gasteiger partial charge is 0.465 e. The van der Waals surface area contributed by atoms with E-state index >= 15 is 0 Å². The van der Waals surface area contributed by atoms with Gasteiger partial charge in [0.15, 0.2) is 0 Å². The van der Waals surface area contributed by atoms with Gasteiger partial charge >= 0.3 is 5.97 Å². The summed E-state index contributed by atoms with van der Waals surface area (Å²) in [5, 5.41) is 2.94. The molecule has 0 spiro atoms. The standard InChI is InChI=1S/C18H32N2O3/c19-12-17(21)20-16(15-9-5-2-6-10-15)11-18(22)23-13-14-7-3-1-4-8-14/h14-16H,1-13,19H2,(H,20,21). The van der Waals surface area contributed by atoms with Crippen LogP contribution in [0.1, 0.15) is 70.6 Å². The van der Waals surface area contributed by atoms with Crippen molar-refractivity contribution in [1.82, 2.24) is 5.32 Å². The molecule has 0 aromatic carbocycles. The molecule has 0 aromatic heterocycles. The average molecular weight is 324 g/mol. The summed E-state index contributed by atoms with van der Waals surface area (Å²) in [5.74, 6) is 0.546. The van der Waals surface area contributed by atoms with E-state index in [1.807, 2.05) is 0 Å². The van der Waals surface area contributed by atoms with Crippen LogP contribution in [0.2, 0.25) is 0 Å². The van der Waals surface area contributed by atoms with Crippen LogP contribution in [0.3, 0.4) is 0 Å². The Balaban J connectivity index is 1.79. The molecule has 2 fully saturated rings. The lowest BCUT2D eigenvalue weighted by molar-refractivity contribution is -0.146. The number of carbonyl (C=O) groups is 2. The van der Waals surface area contributed by atoms with E-state index in [0.717, 1.165) is 12.8 Å². The molecule has 0 heterocycles. The molecule has 0 bridgehead atoms. The lowest BCUT2D eigenvalue weighted by atomic mass is 9.82. The highest BCUT2D eigenvalue weighted by molar-refractivity contribution is 5.79. The molecule has 0 radical (unpaired) electrons. The Hall–Kier alpha value is -1.10. The molecule has 2 aliphatic rings. The summed E-state index contributed by atoms with van der Waals surface area (Å²) >= 11 is 0. The highest BCUT2D eigenvalue weighted by atomic mass is 16.5. The van der Waals surface area contributed by atoms with Gasteiger partial charge in [-0.3, -0.25) is 9.59 Å². The third-order valence-electron chi connectivity index (χ3n) is 5.34. The first-order valence-corrected chi connectivity index (χ1v) is 9.34. The molecule has 0 aromatic rings. The molecule has 0 saturated heterocycles. The van der Waals surface area contributed by atoms with Crippen molar-refractivity contribution in [3.8, 4) is 0 Å². The highest BCUT2D eigenvalue weighted by Crippen LogP contribution is 2.28. The smallest absolute Gasteiger partial charge is 0.307 e. The third-order valence-corrected chi connectivity index (χ3v) is 5.34. The van der Waals surface area contributed by atoms with Crippen molar-refractivity contribution in [1.29, 1.82) is 0 Å². The minimum absolute atomic E-state index is 0.0274. The van der Waals surface area contributed by atoms with Crippen molar-refractivity contribution in [3.63, 3.8) is 0 Å². The van der Waals surface area contributed by atoms with Gasteiger partial charge in [0, 0.05) is 6.04 Å². The van der Waals surface area contributed by atoms with E-state index in [9.17, 15) is 9.59 Å². The molecule has 2 saturated carbocycles. The quantitative estimate of drug-likeness (QED) is 0.705. The second-order valence-corrected chi connectivity index (χ2v) is 7.17. The minimum Gasteiger partial charge on any atom is -0.465 e. The van der Waals surface area contributed by atoms with Gasteiger partial charge in [-0.15, -0.1) is 0 Å². The number of hydrogen-bond acceptors (Lipinski definition) is 4. The Labute approximate surface area is 139 Å². The van der Waals surface area contributed by atoms with Crippen LogP contribution in [0, 0.1) is 11.8 Å². The molecule has 1 unspecified atom stereocenters. The van der Waals surface area contributed by atoms with Crippen molar-refractivity contribution < 1.29 is 14.3 Å². The molecule has 5 nitrogen and oxygen atoms in total. The maximum absolute atomic E-state index is 12.2. The Morgan fingerprint density at radius 1 is 1.00 bits per heavy atom. The predicted octanol–water partition coefficient (Wildman–Crippen LogP) is 2.52. The lowest BCUT2D eigenvalue weighted by Gasteiger charge is -2.30. The van der Waals surface area contributed by atoms with Gasteiger partial charge in [-0.05, 0) is 37.5 Å². The van der Waals surface area contributed by atoms with Gasteiger partial charge in [0.1, 0.15) is 0 Å². The Morgan fingerprint density at radius 2 is 1.61 bits per heavy atom. The molecule has 2 rings (SSSR count). The third kappa shape index (κ3) is 6.50. The Kier molecular flexibility index (Phi) is 7.86. The summed E-state index contributed by atoms with van der Waals surface area (Å²) in [6, 6.07) is -0.120. The van der Waals surface area contributed by atoms with Crippen LogP contribution in [-0.4, -0.2) is 31.1 Å².